The van der Waals surface area contributed by atoms with Crippen molar-refractivity contribution in [3.05, 3.63) is 29.3 Å². The summed E-state index contributed by atoms with van der Waals surface area (Å²) >= 11 is 0. The maximum absolute atomic E-state index is 11.2. The number of carboxylic acid groups (broad SMARTS) is 1. The van der Waals surface area contributed by atoms with Crippen LogP contribution in [-0.2, 0) is 11.2 Å². The highest BCUT2D eigenvalue weighted by atomic mass is 16.4. The van der Waals surface area contributed by atoms with Crippen LogP contribution in [0.1, 0.15) is 36.2 Å². The summed E-state index contributed by atoms with van der Waals surface area (Å²) in [7, 11) is 0. The molecule has 0 aliphatic carbocycles. The number of anilines is 1. The van der Waals surface area contributed by atoms with Gasteiger partial charge in [0.2, 0.25) is 5.91 Å². The second-order valence-electron chi connectivity index (χ2n) is 3.44. The predicted octanol–water partition coefficient (Wildman–Crippen LogP) is 2.30. The zero-order valence-corrected chi connectivity index (χ0v) is 9.41. The predicted molar refractivity (Wildman–Crippen MR) is 61.7 cm³/mol. The Labute approximate surface area is 94.3 Å². The molecule has 1 rings (SSSR count). The van der Waals surface area contributed by atoms with Crippen molar-refractivity contribution in [2.24, 2.45) is 0 Å². The fourth-order valence-corrected chi connectivity index (χ4v) is 1.34. The van der Waals surface area contributed by atoms with Crippen LogP contribution in [0.15, 0.2) is 18.2 Å². The van der Waals surface area contributed by atoms with Gasteiger partial charge in [-0.05, 0) is 24.1 Å². The number of nitrogens with one attached hydrogen (secondary N) is 1. The van der Waals surface area contributed by atoms with E-state index in [4.69, 9.17) is 5.11 Å². The average molecular weight is 221 g/mol. The number of amides is 1. The van der Waals surface area contributed by atoms with Crippen molar-refractivity contribution in [2.45, 2.75) is 26.7 Å². The van der Waals surface area contributed by atoms with Crippen molar-refractivity contribution < 1.29 is 14.7 Å². The average Bonchev–Trinajstić information content (AvgIpc) is 2.29. The molecule has 0 unspecified atom stereocenters. The smallest absolute Gasteiger partial charge is 0.337 e. The topological polar surface area (TPSA) is 66.4 Å². The summed E-state index contributed by atoms with van der Waals surface area (Å²) in [5.74, 6) is -1.21. The van der Waals surface area contributed by atoms with E-state index in [0.717, 1.165) is 12.0 Å². The third kappa shape index (κ3) is 2.82. The standard InChI is InChI=1S/C12H15NO3/c1-3-8-5-6-10(13-11(14)4-2)9(7-8)12(15)16/h5-7H,3-4H2,1-2H3,(H,13,14)(H,15,16). The van der Waals surface area contributed by atoms with Crippen molar-refractivity contribution in [1.29, 1.82) is 0 Å². The number of hydrogen-bond donors (Lipinski definition) is 2. The monoisotopic (exact) mass is 221 g/mol. The molecule has 0 bridgehead atoms. The number of hydrogen-bond acceptors (Lipinski definition) is 2. The summed E-state index contributed by atoms with van der Waals surface area (Å²) in [4.78, 5) is 22.2. The number of carbonyl (C=O) groups excluding carboxylic acids is 1. The molecule has 0 atom stereocenters. The highest BCUT2D eigenvalue weighted by molar-refractivity contribution is 6.00. The SMILES string of the molecule is CCC(=O)Nc1ccc(CC)cc1C(=O)O. The van der Waals surface area contributed by atoms with Crippen molar-refractivity contribution in [3.8, 4) is 0 Å². The summed E-state index contributed by atoms with van der Waals surface area (Å²) in [6, 6.07) is 5.04. The largest absolute Gasteiger partial charge is 0.478 e. The molecule has 0 aliphatic heterocycles. The minimum atomic E-state index is -1.03. The van der Waals surface area contributed by atoms with Crippen LogP contribution in [0.5, 0.6) is 0 Å². The lowest BCUT2D eigenvalue weighted by Crippen LogP contribution is -2.13. The molecule has 4 heteroatoms. The van der Waals surface area contributed by atoms with E-state index in [1.165, 1.54) is 0 Å². The number of carboxylic acids is 1. The van der Waals surface area contributed by atoms with Gasteiger partial charge in [-0.2, -0.15) is 0 Å². The van der Waals surface area contributed by atoms with Crippen molar-refractivity contribution in [1.82, 2.24) is 0 Å². The summed E-state index contributed by atoms with van der Waals surface area (Å²) in [6.07, 6.45) is 1.09. The Morgan fingerprint density at radius 3 is 2.50 bits per heavy atom. The zero-order chi connectivity index (χ0) is 12.1. The van der Waals surface area contributed by atoms with Gasteiger partial charge in [-0.3, -0.25) is 4.79 Å². The Bertz CT molecular complexity index is 413. The van der Waals surface area contributed by atoms with Crippen LogP contribution in [-0.4, -0.2) is 17.0 Å². The van der Waals surface area contributed by atoms with Gasteiger partial charge in [0.15, 0.2) is 0 Å². The molecular weight excluding hydrogens is 206 g/mol. The van der Waals surface area contributed by atoms with Gasteiger partial charge in [0.05, 0.1) is 11.3 Å². The van der Waals surface area contributed by atoms with Crippen LogP contribution in [0.2, 0.25) is 0 Å². The molecule has 0 saturated carbocycles. The normalized spacial score (nSPS) is 9.88. The minimum Gasteiger partial charge on any atom is -0.478 e. The van der Waals surface area contributed by atoms with E-state index in [9.17, 15) is 9.59 Å². The number of rotatable bonds is 4. The molecule has 0 radical (unpaired) electrons. The van der Waals surface area contributed by atoms with Crippen LogP contribution in [0.3, 0.4) is 0 Å². The number of aromatic carboxylic acids is 1. The van der Waals surface area contributed by atoms with Crippen LogP contribution >= 0.6 is 0 Å². The molecule has 0 spiro atoms. The molecule has 1 aromatic carbocycles. The van der Waals surface area contributed by atoms with Crippen LogP contribution < -0.4 is 5.32 Å². The molecule has 86 valence electrons. The van der Waals surface area contributed by atoms with Gasteiger partial charge in [-0.25, -0.2) is 4.79 Å². The number of benzene rings is 1. The lowest BCUT2D eigenvalue weighted by molar-refractivity contribution is -0.115. The zero-order valence-electron chi connectivity index (χ0n) is 9.41. The fourth-order valence-electron chi connectivity index (χ4n) is 1.34. The molecule has 4 nitrogen and oxygen atoms in total. The second kappa shape index (κ2) is 5.30. The lowest BCUT2D eigenvalue weighted by atomic mass is 10.1. The molecule has 0 fully saturated rings. The van der Waals surface area contributed by atoms with Crippen LogP contribution in [0.25, 0.3) is 0 Å². The Morgan fingerprint density at radius 1 is 1.31 bits per heavy atom. The highest BCUT2D eigenvalue weighted by Crippen LogP contribution is 2.18. The van der Waals surface area contributed by atoms with Crippen molar-refractivity contribution in [3.63, 3.8) is 0 Å². The minimum absolute atomic E-state index is 0.140. The van der Waals surface area contributed by atoms with E-state index in [1.54, 1.807) is 19.1 Å². The fraction of sp³-hybridized carbons (Fsp3) is 0.333. The Morgan fingerprint density at radius 2 is 2.00 bits per heavy atom. The molecule has 0 aromatic heterocycles. The van der Waals surface area contributed by atoms with Gasteiger partial charge in [0.1, 0.15) is 0 Å². The maximum Gasteiger partial charge on any atom is 0.337 e. The second-order valence-corrected chi connectivity index (χ2v) is 3.44. The first-order valence-electron chi connectivity index (χ1n) is 5.24. The quantitative estimate of drug-likeness (QED) is 0.819. The number of aryl methyl sites for hydroxylation is 1. The third-order valence-electron chi connectivity index (χ3n) is 2.32. The number of carbonyl (C=O) groups is 2. The summed E-state index contributed by atoms with van der Waals surface area (Å²) in [5, 5.41) is 11.6. The molecule has 0 saturated heterocycles. The molecular formula is C12H15NO3. The molecule has 1 aromatic rings. The van der Waals surface area contributed by atoms with Crippen LogP contribution in [0.4, 0.5) is 5.69 Å². The first kappa shape index (κ1) is 12.2. The molecule has 0 heterocycles. The Kier molecular flexibility index (Phi) is 4.05. The van der Waals surface area contributed by atoms with E-state index in [-0.39, 0.29) is 11.5 Å². The van der Waals surface area contributed by atoms with Gasteiger partial charge >= 0.3 is 5.97 Å². The highest BCUT2D eigenvalue weighted by Gasteiger charge is 2.12. The van der Waals surface area contributed by atoms with Crippen molar-refractivity contribution in [2.75, 3.05) is 5.32 Å². The molecule has 1 amide bonds. The van der Waals surface area contributed by atoms with Gasteiger partial charge in [-0.1, -0.05) is 19.9 Å². The van der Waals surface area contributed by atoms with Crippen LogP contribution in [0, 0.1) is 0 Å². The molecule has 16 heavy (non-hydrogen) atoms. The first-order valence-corrected chi connectivity index (χ1v) is 5.24. The van der Waals surface area contributed by atoms with Gasteiger partial charge in [-0.15, -0.1) is 0 Å². The summed E-state index contributed by atoms with van der Waals surface area (Å²) in [5.41, 5.74) is 1.43. The Hall–Kier alpha value is -1.84. The molecule has 2 N–H and O–H groups in total. The van der Waals surface area contributed by atoms with Gasteiger partial charge < -0.3 is 10.4 Å². The maximum atomic E-state index is 11.2. The third-order valence-corrected chi connectivity index (χ3v) is 2.32. The van der Waals surface area contributed by atoms with E-state index in [2.05, 4.69) is 5.32 Å². The summed E-state index contributed by atoms with van der Waals surface area (Å²) in [6.45, 7) is 3.67. The van der Waals surface area contributed by atoms with Gasteiger partial charge in [0, 0.05) is 6.42 Å². The Balaban J connectivity index is 3.08. The van der Waals surface area contributed by atoms with Gasteiger partial charge in [0.25, 0.3) is 0 Å². The molecule has 0 aliphatic rings. The summed E-state index contributed by atoms with van der Waals surface area (Å²) < 4.78 is 0. The first-order chi connectivity index (χ1) is 7.58. The van der Waals surface area contributed by atoms with E-state index in [1.807, 2.05) is 13.0 Å². The van der Waals surface area contributed by atoms with E-state index in [0.29, 0.717) is 12.1 Å². The van der Waals surface area contributed by atoms with Crippen molar-refractivity contribution >= 4 is 17.6 Å². The van der Waals surface area contributed by atoms with E-state index >= 15 is 0 Å². The van der Waals surface area contributed by atoms with E-state index < -0.39 is 5.97 Å². The lowest BCUT2D eigenvalue weighted by Gasteiger charge is -2.08.